The number of rotatable bonds is 4. The van der Waals surface area contributed by atoms with Crippen LogP contribution < -0.4 is 10.1 Å². The molecule has 1 aromatic heterocycles. The molecule has 1 amide bonds. The number of pyridine rings is 1. The van der Waals surface area contributed by atoms with Crippen LogP contribution in [0.25, 0.3) is 0 Å². The molecule has 0 saturated heterocycles. The van der Waals surface area contributed by atoms with Gasteiger partial charge in [0.1, 0.15) is 18.2 Å². The first kappa shape index (κ1) is 15.8. The molecule has 0 radical (unpaired) electrons. The van der Waals surface area contributed by atoms with Gasteiger partial charge in [-0.15, -0.1) is 0 Å². The quantitative estimate of drug-likeness (QED) is 0.938. The van der Waals surface area contributed by atoms with Gasteiger partial charge in [0.2, 0.25) is 5.91 Å². The highest BCUT2D eigenvalue weighted by Crippen LogP contribution is 2.29. The topological polar surface area (TPSA) is 51.2 Å². The number of carbonyl (C=O) groups is 1. The van der Waals surface area contributed by atoms with Crippen molar-refractivity contribution in [3.8, 4) is 5.75 Å². The first-order valence-electron chi connectivity index (χ1n) is 6.37. The van der Waals surface area contributed by atoms with Gasteiger partial charge in [-0.3, -0.25) is 4.79 Å². The summed E-state index contributed by atoms with van der Waals surface area (Å²) in [4.78, 5) is 14.8. The fourth-order valence-corrected chi connectivity index (χ4v) is 1.68. The van der Waals surface area contributed by atoms with Crippen LogP contribution in [0.1, 0.15) is 18.1 Å². The van der Waals surface area contributed by atoms with Gasteiger partial charge in [-0.1, -0.05) is 12.1 Å². The molecule has 1 aromatic carbocycles. The van der Waals surface area contributed by atoms with E-state index in [1.165, 1.54) is 25.3 Å². The molecule has 2 aromatic rings. The number of halogens is 3. The van der Waals surface area contributed by atoms with Gasteiger partial charge in [0, 0.05) is 6.92 Å². The Morgan fingerprint density at radius 1 is 1.18 bits per heavy atom. The van der Waals surface area contributed by atoms with Crippen molar-refractivity contribution in [1.29, 1.82) is 0 Å². The molecule has 0 aliphatic rings. The van der Waals surface area contributed by atoms with Crippen LogP contribution >= 0.6 is 0 Å². The van der Waals surface area contributed by atoms with Crippen LogP contribution in [-0.4, -0.2) is 10.9 Å². The van der Waals surface area contributed by atoms with Crippen molar-refractivity contribution in [2.75, 3.05) is 5.32 Å². The summed E-state index contributed by atoms with van der Waals surface area (Å²) in [6.45, 7) is 1.50. The standard InChI is InChI=1S/C15H13F3N2O2/c1-10(21)20-14-7-6-13(8-19-14)22-9-11-2-4-12(5-3-11)15(16,17)18/h2-8H,9H2,1H3,(H,19,20,21). The number of nitrogens with one attached hydrogen (secondary N) is 1. The number of ether oxygens (including phenoxy) is 1. The minimum atomic E-state index is -4.34. The molecule has 116 valence electrons. The third-order valence-electron chi connectivity index (χ3n) is 2.73. The van der Waals surface area contributed by atoms with Crippen molar-refractivity contribution in [1.82, 2.24) is 4.98 Å². The lowest BCUT2D eigenvalue weighted by Gasteiger charge is -2.09. The summed E-state index contributed by atoms with van der Waals surface area (Å²) in [5, 5.41) is 2.51. The predicted molar refractivity (Wildman–Crippen MR) is 74.3 cm³/mol. The SMILES string of the molecule is CC(=O)Nc1ccc(OCc2ccc(C(F)(F)F)cc2)cn1. The molecule has 22 heavy (non-hydrogen) atoms. The van der Waals surface area contributed by atoms with Gasteiger partial charge < -0.3 is 10.1 Å². The third-order valence-corrected chi connectivity index (χ3v) is 2.73. The van der Waals surface area contributed by atoms with Gasteiger partial charge in [0.25, 0.3) is 0 Å². The van der Waals surface area contributed by atoms with Crippen LogP contribution in [0.2, 0.25) is 0 Å². The number of anilines is 1. The second kappa shape index (κ2) is 6.46. The van der Waals surface area contributed by atoms with E-state index in [2.05, 4.69) is 10.3 Å². The van der Waals surface area contributed by atoms with Gasteiger partial charge in [0.05, 0.1) is 11.8 Å². The highest BCUT2D eigenvalue weighted by Gasteiger charge is 2.29. The molecule has 4 nitrogen and oxygen atoms in total. The van der Waals surface area contributed by atoms with E-state index >= 15 is 0 Å². The average molecular weight is 310 g/mol. The Kier molecular flexibility index (Phi) is 4.65. The fraction of sp³-hybridized carbons (Fsp3) is 0.200. The Morgan fingerprint density at radius 3 is 2.36 bits per heavy atom. The van der Waals surface area contributed by atoms with Crippen molar-refractivity contribution in [3.05, 3.63) is 53.7 Å². The molecule has 2 rings (SSSR count). The summed E-state index contributed by atoms with van der Waals surface area (Å²) in [6.07, 6.45) is -2.92. The lowest BCUT2D eigenvalue weighted by molar-refractivity contribution is -0.137. The number of nitrogens with zero attached hydrogens (tertiary/aromatic N) is 1. The van der Waals surface area contributed by atoms with Crippen LogP contribution in [0.15, 0.2) is 42.6 Å². The lowest BCUT2D eigenvalue weighted by atomic mass is 10.1. The van der Waals surface area contributed by atoms with Crippen LogP contribution in [-0.2, 0) is 17.6 Å². The molecular weight excluding hydrogens is 297 g/mol. The molecule has 0 bridgehead atoms. The number of carbonyl (C=O) groups excluding carboxylic acids is 1. The smallest absolute Gasteiger partial charge is 0.416 e. The minimum absolute atomic E-state index is 0.124. The summed E-state index contributed by atoms with van der Waals surface area (Å²) in [7, 11) is 0. The number of benzene rings is 1. The third kappa shape index (κ3) is 4.47. The Hall–Kier alpha value is -2.57. The number of hydrogen-bond acceptors (Lipinski definition) is 3. The van der Waals surface area contributed by atoms with Crippen LogP contribution in [0.4, 0.5) is 19.0 Å². The summed E-state index contributed by atoms with van der Waals surface area (Å²) in [6, 6.07) is 7.93. The van der Waals surface area contributed by atoms with E-state index in [-0.39, 0.29) is 12.5 Å². The maximum atomic E-state index is 12.4. The molecule has 7 heteroatoms. The molecule has 0 aliphatic carbocycles. The Labute approximate surface area is 124 Å². The van der Waals surface area contributed by atoms with Crippen molar-refractivity contribution >= 4 is 11.7 Å². The maximum Gasteiger partial charge on any atom is 0.416 e. The zero-order valence-corrected chi connectivity index (χ0v) is 11.6. The van der Waals surface area contributed by atoms with Gasteiger partial charge >= 0.3 is 6.18 Å². The first-order valence-corrected chi connectivity index (χ1v) is 6.37. The highest BCUT2D eigenvalue weighted by molar-refractivity contribution is 5.87. The molecule has 0 unspecified atom stereocenters. The van der Waals surface area contributed by atoms with E-state index in [9.17, 15) is 18.0 Å². The van der Waals surface area contributed by atoms with Crippen molar-refractivity contribution in [3.63, 3.8) is 0 Å². The molecule has 0 spiro atoms. The van der Waals surface area contributed by atoms with Gasteiger partial charge in [-0.25, -0.2) is 4.98 Å². The zero-order valence-electron chi connectivity index (χ0n) is 11.6. The maximum absolute atomic E-state index is 12.4. The second-order valence-corrected chi connectivity index (χ2v) is 4.54. The molecule has 0 fully saturated rings. The van der Waals surface area contributed by atoms with Crippen LogP contribution in [0, 0.1) is 0 Å². The molecule has 0 saturated carbocycles. The molecule has 0 atom stereocenters. The van der Waals surface area contributed by atoms with Crippen molar-refractivity contribution < 1.29 is 22.7 Å². The predicted octanol–water partition coefficient (Wildman–Crippen LogP) is 3.64. The largest absolute Gasteiger partial charge is 0.487 e. The number of hydrogen-bond donors (Lipinski definition) is 1. The molecule has 1 N–H and O–H groups in total. The van der Waals surface area contributed by atoms with Gasteiger partial charge in [0.15, 0.2) is 0 Å². The fourth-order valence-electron chi connectivity index (χ4n) is 1.68. The summed E-state index contributed by atoms with van der Waals surface area (Å²) in [5.41, 5.74) is -0.0866. The lowest BCUT2D eigenvalue weighted by Crippen LogP contribution is -2.07. The van der Waals surface area contributed by atoms with Crippen LogP contribution in [0.5, 0.6) is 5.75 Å². The highest BCUT2D eigenvalue weighted by atomic mass is 19.4. The van der Waals surface area contributed by atoms with E-state index in [4.69, 9.17) is 4.74 Å². The van der Waals surface area contributed by atoms with Crippen LogP contribution in [0.3, 0.4) is 0 Å². The normalized spacial score (nSPS) is 11.1. The van der Waals surface area contributed by atoms with E-state index in [0.717, 1.165) is 12.1 Å². The van der Waals surface area contributed by atoms with E-state index < -0.39 is 11.7 Å². The Balaban J connectivity index is 1.94. The van der Waals surface area contributed by atoms with Crippen molar-refractivity contribution in [2.45, 2.75) is 19.7 Å². The molecule has 1 heterocycles. The number of aromatic nitrogens is 1. The van der Waals surface area contributed by atoms with Crippen molar-refractivity contribution in [2.24, 2.45) is 0 Å². The summed E-state index contributed by atoms with van der Waals surface area (Å²) < 4.78 is 42.7. The zero-order chi connectivity index (χ0) is 16.2. The summed E-state index contributed by atoms with van der Waals surface area (Å²) in [5.74, 6) is 0.620. The number of amides is 1. The van der Waals surface area contributed by atoms with Gasteiger partial charge in [-0.05, 0) is 29.8 Å². The Morgan fingerprint density at radius 2 is 1.86 bits per heavy atom. The van der Waals surface area contributed by atoms with Gasteiger partial charge in [-0.2, -0.15) is 13.2 Å². The van der Waals surface area contributed by atoms with E-state index in [0.29, 0.717) is 17.1 Å². The summed E-state index contributed by atoms with van der Waals surface area (Å²) >= 11 is 0. The number of alkyl halides is 3. The monoisotopic (exact) mass is 310 g/mol. The minimum Gasteiger partial charge on any atom is -0.487 e. The van der Waals surface area contributed by atoms with E-state index in [1.54, 1.807) is 12.1 Å². The average Bonchev–Trinajstić information content (AvgIpc) is 2.45. The molecule has 0 aliphatic heterocycles. The molecular formula is C15H13F3N2O2. The first-order chi connectivity index (χ1) is 10.3. The Bertz CT molecular complexity index is 637. The van der Waals surface area contributed by atoms with E-state index in [1.807, 2.05) is 0 Å². The second-order valence-electron chi connectivity index (χ2n) is 4.54.